The van der Waals surface area contributed by atoms with Gasteiger partial charge in [0.25, 0.3) is 5.91 Å². The molecule has 0 bridgehead atoms. The number of amides is 1. The van der Waals surface area contributed by atoms with Gasteiger partial charge < -0.3 is 10.0 Å². The first-order valence-electron chi connectivity index (χ1n) is 8.31. The SMILES string of the molecule is CCCN1C(=O)[C@@](O)(CC(=O)c2ccc(C)cc2)c2cc(Br)ccc21. The minimum atomic E-state index is -1.82. The Bertz CT molecular complexity index is 831. The van der Waals surface area contributed by atoms with Gasteiger partial charge in [0.2, 0.25) is 0 Å². The van der Waals surface area contributed by atoms with Crippen molar-refractivity contribution in [2.45, 2.75) is 32.3 Å². The maximum absolute atomic E-state index is 12.9. The van der Waals surface area contributed by atoms with Crippen LogP contribution in [-0.4, -0.2) is 23.3 Å². The molecule has 2 aromatic carbocycles. The molecule has 1 N–H and O–H groups in total. The number of rotatable bonds is 5. The summed E-state index contributed by atoms with van der Waals surface area (Å²) in [5, 5.41) is 11.2. The lowest BCUT2D eigenvalue weighted by molar-refractivity contribution is -0.135. The molecule has 5 heteroatoms. The first kappa shape index (κ1) is 17.8. The number of hydrogen-bond acceptors (Lipinski definition) is 3. The number of aliphatic hydroxyl groups is 1. The lowest BCUT2D eigenvalue weighted by Crippen LogP contribution is -2.42. The van der Waals surface area contributed by atoms with E-state index in [0.29, 0.717) is 23.4 Å². The van der Waals surface area contributed by atoms with E-state index in [1.807, 2.05) is 32.0 Å². The van der Waals surface area contributed by atoms with Gasteiger partial charge in [0, 0.05) is 22.1 Å². The van der Waals surface area contributed by atoms with Crippen molar-refractivity contribution in [1.82, 2.24) is 0 Å². The maximum Gasteiger partial charge on any atom is 0.264 e. The van der Waals surface area contributed by atoms with Crippen molar-refractivity contribution in [3.8, 4) is 0 Å². The molecule has 0 saturated carbocycles. The van der Waals surface area contributed by atoms with Crippen LogP contribution in [0.2, 0.25) is 0 Å². The summed E-state index contributed by atoms with van der Waals surface area (Å²) in [7, 11) is 0. The first-order valence-corrected chi connectivity index (χ1v) is 9.10. The zero-order valence-electron chi connectivity index (χ0n) is 14.3. The molecule has 1 amide bonds. The third-order valence-electron chi connectivity index (χ3n) is 4.53. The standard InChI is InChI=1S/C20H20BrNO3/c1-3-10-22-17-9-8-15(21)11-16(17)20(25,19(22)24)12-18(23)14-6-4-13(2)5-7-14/h4-9,11,25H,3,10,12H2,1-2H3/t20-/m1/s1. The number of benzene rings is 2. The molecule has 3 rings (SSSR count). The molecule has 0 unspecified atom stereocenters. The fourth-order valence-electron chi connectivity index (χ4n) is 3.21. The zero-order valence-corrected chi connectivity index (χ0v) is 15.8. The number of carbonyl (C=O) groups is 2. The van der Waals surface area contributed by atoms with Crippen molar-refractivity contribution in [3.05, 3.63) is 63.6 Å². The van der Waals surface area contributed by atoms with Crippen LogP contribution in [0.15, 0.2) is 46.9 Å². The van der Waals surface area contributed by atoms with E-state index in [9.17, 15) is 14.7 Å². The second kappa shape index (κ2) is 6.73. The van der Waals surface area contributed by atoms with Gasteiger partial charge in [-0.3, -0.25) is 9.59 Å². The van der Waals surface area contributed by atoms with Crippen LogP contribution < -0.4 is 4.90 Å². The number of aryl methyl sites for hydroxylation is 1. The summed E-state index contributed by atoms with van der Waals surface area (Å²) in [6.45, 7) is 4.42. The van der Waals surface area contributed by atoms with Gasteiger partial charge in [-0.25, -0.2) is 0 Å². The van der Waals surface area contributed by atoms with Crippen molar-refractivity contribution in [2.24, 2.45) is 0 Å². The number of ketones is 1. The first-order chi connectivity index (χ1) is 11.9. The van der Waals surface area contributed by atoms with Crippen LogP contribution in [0.5, 0.6) is 0 Å². The van der Waals surface area contributed by atoms with Gasteiger partial charge >= 0.3 is 0 Å². The summed E-state index contributed by atoms with van der Waals surface area (Å²) < 4.78 is 0.763. The molecule has 0 fully saturated rings. The molecule has 2 aromatic rings. The monoisotopic (exact) mass is 401 g/mol. The number of anilines is 1. The van der Waals surface area contributed by atoms with Crippen molar-refractivity contribution >= 4 is 33.3 Å². The van der Waals surface area contributed by atoms with Gasteiger partial charge in [-0.15, -0.1) is 0 Å². The van der Waals surface area contributed by atoms with E-state index < -0.39 is 11.5 Å². The fourth-order valence-corrected chi connectivity index (χ4v) is 3.57. The van der Waals surface area contributed by atoms with E-state index in [1.165, 1.54) is 0 Å². The van der Waals surface area contributed by atoms with E-state index >= 15 is 0 Å². The number of fused-ring (bicyclic) bond motifs is 1. The predicted molar refractivity (Wildman–Crippen MR) is 101 cm³/mol. The Hall–Kier alpha value is -1.98. The molecule has 1 atom stereocenters. The number of halogens is 1. The number of hydrogen-bond donors (Lipinski definition) is 1. The lowest BCUT2D eigenvalue weighted by atomic mass is 9.88. The van der Waals surface area contributed by atoms with Crippen LogP contribution in [-0.2, 0) is 10.4 Å². The van der Waals surface area contributed by atoms with Gasteiger partial charge in [0.15, 0.2) is 11.4 Å². The summed E-state index contributed by atoms with van der Waals surface area (Å²) >= 11 is 3.39. The van der Waals surface area contributed by atoms with Crippen molar-refractivity contribution in [3.63, 3.8) is 0 Å². The van der Waals surface area contributed by atoms with E-state index in [1.54, 1.807) is 29.2 Å². The number of nitrogens with zero attached hydrogens (tertiary/aromatic N) is 1. The quantitative estimate of drug-likeness (QED) is 0.770. The van der Waals surface area contributed by atoms with Gasteiger partial charge in [-0.2, -0.15) is 0 Å². The molecule has 1 aliphatic rings. The van der Waals surface area contributed by atoms with Crippen LogP contribution in [0.1, 0.15) is 41.3 Å². The molecule has 0 spiro atoms. The van der Waals surface area contributed by atoms with Crippen LogP contribution in [0.25, 0.3) is 0 Å². The summed E-state index contributed by atoms with van der Waals surface area (Å²) in [4.78, 5) is 27.2. The molecule has 0 aromatic heterocycles. The van der Waals surface area contributed by atoms with E-state index in [-0.39, 0.29) is 12.2 Å². The molecule has 0 aliphatic carbocycles. The molecule has 1 heterocycles. The summed E-state index contributed by atoms with van der Waals surface area (Å²) in [5.41, 5.74) is 0.888. The number of carbonyl (C=O) groups excluding carboxylic acids is 2. The van der Waals surface area contributed by atoms with E-state index in [0.717, 1.165) is 16.5 Å². The van der Waals surface area contributed by atoms with Crippen LogP contribution in [0.3, 0.4) is 0 Å². The Morgan fingerprint density at radius 3 is 2.52 bits per heavy atom. The maximum atomic E-state index is 12.9. The predicted octanol–water partition coefficient (Wildman–Crippen LogP) is 3.97. The van der Waals surface area contributed by atoms with Gasteiger partial charge in [0.1, 0.15) is 0 Å². The average Bonchev–Trinajstić information content (AvgIpc) is 2.77. The summed E-state index contributed by atoms with van der Waals surface area (Å²) in [6, 6.07) is 12.5. The highest BCUT2D eigenvalue weighted by molar-refractivity contribution is 9.10. The van der Waals surface area contributed by atoms with Crippen LogP contribution in [0.4, 0.5) is 5.69 Å². The molecule has 1 aliphatic heterocycles. The third kappa shape index (κ3) is 3.14. The average molecular weight is 402 g/mol. The van der Waals surface area contributed by atoms with Crippen molar-refractivity contribution in [2.75, 3.05) is 11.4 Å². The highest BCUT2D eigenvalue weighted by Gasteiger charge is 2.50. The molecule has 4 nitrogen and oxygen atoms in total. The second-order valence-electron chi connectivity index (χ2n) is 6.44. The van der Waals surface area contributed by atoms with Gasteiger partial charge in [-0.05, 0) is 31.5 Å². The minimum absolute atomic E-state index is 0.250. The number of Topliss-reactive ketones (excluding diaryl/α,β-unsaturated/α-hetero) is 1. The van der Waals surface area contributed by atoms with Gasteiger partial charge in [0.05, 0.1) is 12.1 Å². The molecule has 130 valence electrons. The van der Waals surface area contributed by atoms with E-state index in [2.05, 4.69) is 15.9 Å². The largest absolute Gasteiger partial charge is 0.375 e. The molecular weight excluding hydrogens is 382 g/mol. The normalized spacial score (nSPS) is 19.2. The minimum Gasteiger partial charge on any atom is -0.375 e. The van der Waals surface area contributed by atoms with Crippen molar-refractivity contribution in [1.29, 1.82) is 0 Å². The van der Waals surface area contributed by atoms with Gasteiger partial charge in [-0.1, -0.05) is 52.7 Å². The lowest BCUT2D eigenvalue weighted by Gasteiger charge is -2.22. The third-order valence-corrected chi connectivity index (χ3v) is 5.02. The fraction of sp³-hybridized carbons (Fsp3) is 0.300. The highest BCUT2D eigenvalue weighted by Crippen LogP contribution is 2.44. The van der Waals surface area contributed by atoms with Crippen LogP contribution in [0, 0.1) is 6.92 Å². The zero-order chi connectivity index (χ0) is 18.2. The Morgan fingerprint density at radius 2 is 1.88 bits per heavy atom. The topological polar surface area (TPSA) is 57.6 Å². The summed E-state index contributed by atoms with van der Waals surface area (Å²) in [5.74, 6) is -0.678. The second-order valence-corrected chi connectivity index (χ2v) is 7.36. The molecule has 25 heavy (non-hydrogen) atoms. The molecule has 0 saturated heterocycles. The Kier molecular flexibility index (Phi) is 4.80. The molecule has 0 radical (unpaired) electrons. The van der Waals surface area contributed by atoms with E-state index in [4.69, 9.17) is 0 Å². The van der Waals surface area contributed by atoms with Crippen LogP contribution >= 0.6 is 15.9 Å². The Labute approximate surface area is 155 Å². The van der Waals surface area contributed by atoms with Crippen molar-refractivity contribution < 1.29 is 14.7 Å². The Morgan fingerprint density at radius 1 is 1.20 bits per heavy atom. The Balaban J connectivity index is 1.99. The highest BCUT2D eigenvalue weighted by atomic mass is 79.9. The molecular formula is C20H20BrNO3. The summed E-state index contributed by atoms with van der Waals surface area (Å²) in [6.07, 6.45) is 0.502. The smallest absolute Gasteiger partial charge is 0.264 e.